The third-order valence-corrected chi connectivity index (χ3v) is 5.07. The summed E-state index contributed by atoms with van der Waals surface area (Å²) in [6.07, 6.45) is 7.72. The molecule has 29 heavy (non-hydrogen) atoms. The van der Waals surface area contributed by atoms with E-state index in [-0.39, 0.29) is 11.0 Å². The second kappa shape index (κ2) is 8.77. The summed E-state index contributed by atoms with van der Waals surface area (Å²) in [7, 11) is 0. The Kier molecular flexibility index (Phi) is 7.03. The molecule has 0 aliphatic carbocycles. The lowest BCUT2D eigenvalue weighted by Crippen LogP contribution is -2.27. The minimum atomic E-state index is -0.330. The number of hydrogen-bond donors (Lipinski definition) is 0. The maximum absolute atomic E-state index is 11.6. The monoisotopic (exact) mass is 398 g/mol. The van der Waals surface area contributed by atoms with Gasteiger partial charge in [-0.25, -0.2) is 4.79 Å². The lowest BCUT2D eigenvalue weighted by Gasteiger charge is -2.38. The van der Waals surface area contributed by atoms with Crippen molar-refractivity contribution in [2.75, 3.05) is 6.61 Å². The molecule has 0 fully saturated rings. The number of hydrogen-bond acceptors (Lipinski definition) is 3. The van der Waals surface area contributed by atoms with Crippen molar-refractivity contribution in [1.82, 2.24) is 0 Å². The first-order valence-corrected chi connectivity index (χ1v) is 10.6. The van der Waals surface area contributed by atoms with E-state index in [1.54, 1.807) is 6.07 Å². The molecular weight excluding hydrogens is 360 g/mol. The summed E-state index contributed by atoms with van der Waals surface area (Å²) < 4.78 is 11.1. The highest BCUT2D eigenvalue weighted by molar-refractivity contribution is 5.81. The molecule has 0 atom stereocenters. The fraction of sp³-hybridized carbons (Fsp3) is 0.577. The van der Waals surface area contributed by atoms with Gasteiger partial charge in [-0.3, -0.25) is 0 Å². The Bertz CT molecular complexity index is 908. The van der Waals surface area contributed by atoms with Gasteiger partial charge in [0.25, 0.3) is 0 Å². The van der Waals surface area contributed by atoms with Gasteiger partial charge in [-0.05, 0) is 60.1 Å². The van der Waals surface area contributed by atoms with Crippen LogP contribution < -0.4 is 10.4 Å². The largest absolute Gasteiger partial charge is 0.489 e. The van der Waals surface area contributed by atoms with E-state index in [1.165, 1.54) is 18.9 Å². The van der Waals surface area contributed by atoms with Crippen LogP contribution in [0.15, 0.2) is 45.6 Å². The maximum Gasteiger partial charge on any atom is 0.336 e. The van der Waals surface area contributed by atoms with Crippen LogP contribution in [0.3, 0.4) is 0 Å². The number of ether oxygens (including phenoxy) is 1. The molecule has 160 valence electrons. The first kappa shape index (κ1) is 23.3. The topological polar surface area (TPSA) is 39.4 Å². The van der Waals surface area contributed by atoms with E-state index in [2.05, 4.69) is 60.6 Å². The minimum Gasteiger partial charge on any atom is -0.489 e. The molecule has 2 rings (SSSR count). The van der Waals surface area contributed by atoms with Crippen LogP contribution in [0.1, 0.15) is 73.3 Å². The molecule has 0 saturated heterocycles. The molecule has 3 heteroatoms. The second-order valence-corrected chi connectivity index (χ2v) is 11.1. The molecule has 3 nitrogen and oxygen atoms in total. The molecule has 1 aromatic carbocycles. The summed E-state index contributed by atoms with van der Waals surface area (Å²) in [5.41, 5.74) is 2.07. The summed E-state index contributed by atoms with van der Waals surface area (Å²) in [6.45, 7) is 18.8. The Morgan fingerprint density at radius 2 is 1.62 bits per heavy atom. The van der Waals surface area contributed by atoms with E-state index in [9.17, 15) is 4.79 Å². The van der Waals surface area contributed by atoms with E-state index in [0.29, 0.717) is 28.8 Å². The number of aryl methyl sites for hydroxylation is 1. The van der Waals surface area contributed by atoms with Crippen molar-refractivity contribution in [3.8, 4) is 5.75 Å². The molecular formula is C26H38O3. The van der Waals surface area contributed by atoms with Crippen LogP contribution in [-0.4, -0.2) is 6.61 Å². The van der Waals surface area contributed by atoms with Crippen molar-refractivity contribution in [3.05, 3.63) is 52.4 Å². The molecule has 0 saturated carbocycles. The van der Waals surface area contributed by atoms with E-state index < -0.39 is 0 Å². The third-order valence-electron chi connectivity index (χ3n) is 5.07. The van der Waals surface area contributed by atoms with Crippen molar-refractivity contribution in [2.45, 2.75) is 74.7 Å². The molecule has 0 N–H and O–H groups in total. The van der Waals surface area contributed by atoms with Gasteiger partial charge >= 0.3 is 5.63 Å². The number of benzene rings is 1. The Morgan fingerprint density at radius 3 is 2.28 bits per heavy atom. The fourth-order valence-electron chi connectivity index (χ4n) is 4.88. The molecule has 1 heterocycles. The molecule has 0 aliphatic rings. The molecule has 1 aromatic heterocycles. The molecule has 2 aromatic rings. The van der Waals surface area contributed by atoms with E-state index >= 15 is 0 Å². The smallest absolute Gasteiger partial charge is 0.336 e. The highest BCUT2D eigenvalue weighted by Crippen LogP contribution is 2.43. The summed E-state index contributed by atoms with van der Waals surface area (Å²) in [5, 5.41) is 0.937. The van der Waals surface area contributed by atoms with Crippen LogP contribution >= 0.6 is 0 Å². The van der Waals surface area contributed by atoms with Crippen molar-refractivity contribution in [2.24, 2.45) is 16.2 Å². The fourth-order valence-corrected chi connectivity index (χ4v) is 4.88. The van der Waals surface area contributed by atoms with E-state index in [4.69, 9.17) is 9.15 Å². The van der Waals surface area contributed by atoms with Gasteiger partial charge in [0.15, 0.2) is 0 Å². The van der Waals surface area contributed by atoms with Gasteiger partial charge in [0, 0.05) is 17.5 Å². The van der Waals surface area contributed by atoms with Crippen LogP contribution in [0, 0.1) is 23.2 Å². The molecule has 0 aliphatic heterocycles. The quantitative estimate of drug-likeness (QED) is 0.346. The molecule has 0 spiro atoms. The van der Waals surface area contributed by atoms with Crippen molar-refractivity contribution in [3.63, 3.8) is 0 Å². The zero-order valence-electron chi connectivity index (χ0n) is 19.5. The predicted molar refractivity (Wildman–Crippen MR) is 123 cm³/mol. The maximum atomic E-state index is 11.6. The van der Waals surface area contributed by atoms with E-state index in [1.807, 2.05) is 19.1 Å². The van der Waals surface area contributed by atoms with Gasteiger partial charge in [-0.1, -0.05) is 60.6 Å². The molecule has 0 radical (unpaired) electrons. The molecule has 0 amide bonds. The Labute approximate surface area is 176 Å². The van der Waals surface area contributed by atoms with Crippen molar-refractivity contribution in [1.29, 1.82) is 0 Å². The first-order chi connectivity index (χ1) is 13.3. The van der Waals surface area contributed by atoms with E-state index in [0.717, 1.165) is 17.4 Å². The number of allylic oxidation sites excluding steroid dienone is 1. The van der Waals surface area contributed by atoms with Gasteiger partial charge in [-0.15, -0.1) is 0 Å². The zero-order valence-corrected chi connectivity index (χ0v) is 19.5. The Balaban J connectivity index is 1.90. The summed E-state index contributed by atoms with van der Waals surface area (Å²) in [4.78, 5) is 11.6. The van der Waals surface area contributed by atoms with Crippen LogP contribution in [0.25, 0.3) is 11.0 Å². The summed E-state index contributed by atoms with van der Waals surface area (Å²) in [5.74, 6) is 0.710. The second-order valence-electron chi connectivity index (χ2n) is 11.1. The zero-order chi connectivity index (χ0) is 21.9. The van der Waals surface area contributed by atoms with Crippen LogP contribution in [-0.2, 0) is 0 Å². The average Bonchev–Trinajstić information content (AvgIpc) is 2.50. The lowest BCUT2D eigenvalue weighted by atomic mass is 9.67. The van der Waals surface area contributed by atoms with Gasteiger partial charge in [0.2, 0.25) is 0 Å². The average molecular weight is 399 g/mol. The van der Waals surface area contributed by atoms with Crippen molar-refractivity contribution >= 4 is 11.0 Å². The normalized spacial score (nSPS) is 13.4. The molecule has 0 unspecified atom stereocenters. The highest BCUT2D eigenvalue weighted by atomic mass is 16.5. The summed E-state index contributed by atoms with van der Waals surface area (Å²) >= 11 is 0. The number of fused-ring (bicyclic) bond motifs is 1. The Morgan fingerprint density at radius 1 is 0.931 bits per heavy atom. The van der Waals surface area contributed by atoms with Gasteiger partial charge < -0.3 is 9.15 Å². The van der Waals surface area contributed by atoms with Crippen LogP contribution in [0.4, 0.5) is 0 Å². The molecule has 0 bridgehead atoms. The predicted octanol–water partition coefficient (Wildman–Crippen LogP) is 7.31. The van der Waals surface area contributed by atoms with Gasteiger partial charge in [0.05, 0.1) is 0 Å². The minimum absolute atomic E-state index is 0.245. The van der Waals surface area contributed by atoms with Crippen molar-refractivity contribution < 1.29 is 9.15 Å². The van der Waals surface area contributed by atoms with Gasteiger partial charge in [0.1, 0.15) is 17.9 Å². The third kappa shape index (κ3) is 7.72. The van der Waals surface area contributed by atoms with Crippen LogP contribution in [0.2, 0.25) is 0 Å². The highest BCUT2D eigenvalue weighted by Gasteiger charge is 2.31. The first-order valence-electron chi connectivity index (χ1n) is 10.6. The van der Waals surface area contributed by atoms with Crippen LogP contribution in [0.5, 0.6) is 5.75 Å². The van der Waals surface area contributed by atoms with Gasteiger partial charge in [-0.2, -0.15) is 0 Å². The standard InChI is InChI=1S/C26H38O3/c1-19-15-23(27)29-22-16-20(11-12-21(19)22)28-14-10-9-13-25(5,6)18-26(7,8)17-24(2,3)4/h9-12,15-16H,13-14,17-18H2,1-8H3/b10-9+. The SMILES string of the molecule is Cc1cc(=O)oc2cc(OC/C=C/CC(C)(C)CC(C)(C)CC(C)(C)C)ccc12. The summed E-state index contributed by atoms with van der Waals surface area (Å²) in [6, 6.07) is 7.15. The lowest BCUT2D eigenvalue weighted by molar-refractivity contribution is 0.134. The number of rotatable bonds is 8. The Hall–Kier alpha value is -2.03.